The third-order valence-corrected chi connectivity index (χ3v) is 3.74. The number of halogens is 2. The van der Waals surface area contributed by atoms with Crippen LogP contribution < -0.4 is 5.32 Å². The Bertz CT molecular complexity index is 492. The molecule has 0 radical (unpaired) electrons. The van der Waals surface area contributed by atoms with Crippen LogP contribution in [-0.2, 0) is 11.3 Å². The molecule has 1 aromatic rings. The maximum atomic E-state index is 13.4. The fraction of sp³-hybridized carbons (Fsp3) is 0.571. The lowest BCUT2D eigenvalue weighted by Crippen LogP contribution is -2.48. The van der Waals surface area contributed by atoms with E-state index >= 15 is 0 Å². The van der Waals surface area contributed by atoms with Gasteiger partial charge in [0.05, 0.1) is 6.20 Å². The van der Waals surface area contributed by atoms with Crippen LogP contribution in [0.4, 0.5) is 10.2 Å². The largest absolute Gasteiger partial charge is 0.370 e. The van der Waals surface area contributed by atoms with Crippen molar-refractivity contribution in [3.63, 3.8) is 0 Å². The number of nitrogens with one attached hydrogen (secondary N) is 1. The Morgan fingerprint density at radius 3 is 2.76 bits per heavy atom. The van der Waals surface area contributed by atoms with Crippen LogP contribution in [0.15, 0.2) is 12.3 Å². The molecule has 1 fully saturated rings. The number of piperazine rings is 1. The van der Waals surface area contributed by atoms with Gasteiger partial charge in [-0.15, -0.1) is 11.6 Å². The summed E-state index contributed by atoms with van der Waals surface area (Å²) < 4.78 is 13.4. The van der Waals surface area contributed by atoms with Gasteiger partial charge in [-0.3, -0.25) is 9.69 Å². The van der Waals surface area contributed by atoms with Crippen molar-refractivity contribution in [3.8, 4) is 0 Å². The van der Waals surface area contributed by atoms with Crippen molar-refractivity contribution >= 4 is 23.3 Å². The molecule has 1 amide bonds. The second kappa shape index (κ2) is 7.56. The van der Waals surface area contributed by atoms with Crippen LogP contribution in [0.3, 0.4) is 0 Å². The van der Waals surface area contributed by atoms with Gasteiger partial charge in [0, 0.05) is 44.8 Å². The molecule has 2 heterocycles. The zero-order chi connectivity index (χ0) is 15.2. The first-order valence-electron chi connectivity index (χ1n) is 7.08. The molecular formula is C14H20ClFN4O. The van der Waals surface area contributed by atoms with E-state index in [0.29, 0.717) is 19.6 Å². The lowest BCUT2D eigenvalue weighted by molar-refractivity contribution is -0.130. The number of rotatable bonds is 5. The standard InChI is InChI=1S/C14H20ClFN4O/c1-2-17-14-11(7-12(16)9-18-14)10-19-3-5-20(6-4-19)13(21)8-15/h7,9H,2-6,8,10H2,1H3,(H,17,18). The molecule has 1 aliphatic heterocycles. The predicted octanol–water partition coefficient (Wildman–Crippen LogP) is 1.54. The van der Waals surface area contributed by atoms with Crippen molar-refractivity contribution in [1.29, 1.82) is 0 Å². The van der Waals surface area contributed by atoms with Crippen LogP contribution in [0, 0.1) is 5.82 Å². The van der Waals surface area contributed by atoms with Crippen LogP contribution in [0.2, 0.25) is 0 Å². The maximum Gasteiger partial charge on any atom is 0.237 e. The monoisotopic (exact) mass is 314 g/mol. The summed E-state index contributed by atoms with van der Waals surface area (Å²) in [5.41, 5.74) is 0.842. The summed E-state index contributed by atoms with van der Waals surface area (Å²) in [6, 6.07) is 1.52. The van der Waals surface area contributed by atoms with Crippen LogP contribution >= 0.6 is 11.6 Å². The summed E-state index contributed by atoms with van der Waals surface area (Å²) in [7, 11) is 0. The van der Waals surface area contributed by atoms with E-state index in [4.69, 9.17) is 11.6 Å². The maximum absolute atomic E-state index is 13.4. The highest BCUT2D eigenvalue weighted by molar-refractivity contribution is 6.27. The van der Waals surface area contributed by atoms with Crippen molar-refractivity contribution in [1.82, 2.24) is 14.8 Å². The van der Waals surface area contributed by atoms with Crippen molar-refractivity contribution in [3.05, 3.63) is 23.6 Å². The van der Waals surface area contributed by atoms with Crippen LogP contribution in [0.1, 0.15) is 12.5 Å². The summed E-state index contributed by atoms with van der Waals surface area (Å²) in [4.78, 5) is 19.6. The van der Waals surface area contributed by atoms with Crippen LogP contribution in [-0.4, -0.2) is 59.3 Å². The van der Waals surface area contributed by atoms with Gasteiger partial charge in [0.15, 0.2) is 0 Å². The van der Waals surface area contributed by atoms with Crippen LogP contribution in [0.5, 0.6) is 0 Å². The Balaban J connectivity index is 1.97. The zero-order valence-corrected chi connectivity index (χ0v) is 12.9. The summed E-state index contributed by atoms with van der Waals surface area (Å²) >= 11 is 5.56. The van der Waals surface area contributed by atoms with Gasteiger partial charge in [0.2, 0.25) is 5.91 Å². The topological polar surface area (TPSA) is 48.5 Å². The first kappa shape index (κ1) is 16.0. The molecule has 21 heavy (non-hydrogen) atoms. The van der Waals surface area contributed by atoms with E-state index in [1.165, 1.54) is 12.3 Å². The molecule has 1 aliphatic rings. The number of carbonyl (C=O) groups is 1. The van der Waals surface area contributed by atoms with Crippen molar-refractivity contribution < 1.29 is 9.18 Å². The van der Waals surface area contributed by atoms with Gasteiger partial charge in [0.1, 0.15) is 17.5 Å². The normalized spacial score (nSPS) is 16.0. The smallest absolute Gasteiger partial charge is 0.237 e. The molecule has 5 nitrogen and oxygen atoms in total. The number of amides is 1. The van der Waals surface area contributed by atoms with E-state index < -0.39 is 0 Å². The third-order valence-electron chi connectivity index (χ3n) is 3.51. The molecule has 0 saturated carbocycles. The average molecular weight is 315 g/mol. The molecule has 0 unspecified atom stereocenters. The Kier molecular flexibility index (Phi) is 5.76. The lowest BCUT2D eigenvalue weighted by Gasteiger charge is -2.34. The predicted molar refractivity (Wildman–Crippen MR) is 80.9 cm³/mol. The van der Waals surface area contributed by atoms with E-state index in [1.54, 1.807) is 4.90 Å². The highest BCUT2D eigenvalue weighted by Crippen LogP contribution is 2.17. The molecule has 2 rings (SSSR count). The number of hydrogen-bond acceptors (Lipinski definition) is 4. The number of pyridine rings is 1. The van der Waals surface area contributed by atoms with Crippen molar-refractivity contribution in [2.45, 2.75) is 13.5 Å². The SMILES string of the molecule is CCNc1ncc(F)cc1CN1CCN(C(=O)CCl)CC1. The molecule has 0 bridgehead atoms. The first-order valence-corrected chi connectivity index (χ1v) is 7.62. The van der Waals surface area contributed by atoms with Gasteiger partial charge in [-0.25, -0.2) is 9.37 Å². The number of carbonyl (C=O) groups excluding carboxylic acids is 1. The Morgan fingerprint density at radius 2 is 2.14 bits per heavy atom. The van der Waals surface area contributed by atoms with E-state index in [2.05, 4.69) is 15.2 Å². The Labute approximate surface area is 129 Å². The summed E-state index contributed by atoms with van der Waals surface area (Å²) in [5.74, 6) is 0.385. The summed E-state index contributed by atoms with van der Waals surface area (Å²) in [6.45, 7) is 6.16. The Hall–Kier alpha value is -1.40. The van der Waals surface area contributed by atoms with E-state index in [1.807, 2.05) is 6.92 Å². The van der Waals surface area contributed by atoms with Gasteiger partial charge in [0.25, 0.3) is 0 Å². The van der Waals surface area contributed by atoms with Gasteiger partial charge < -0.3 is 10.2 Å². The van der Waals surface area contributed by atoms with E-state index in [0.717, 1.165) is 31.0 Å². The molecular weight excluding hydrogens is 295 g/mol. The molecule has 7 heteroatoms. The number of alkyl halides is 1. The summed E-state index contributed by atoms with van der Waals surface area (Å²) in [6.07, 6.45) is 1.22. The van der Waals surface area contributed by atoms with E-state index in [9.17, 15) is 9.18 Å². The zero-order valence-electron chi connectivity index (χ0n) is 12.1. The van der Waals surface area contributed by atoms with Gasteiger partial charge in [-0.2, -0.15) is 0 Å². The fourth-order valence-corrected chi connectivity index (χ4v) is 2.58. The molecule has 0 aromatic carbocycles. The first-order chi connectivity index (χ1) is 10.1. The molecule has 0 spiro atoms. The fourth-order valence-electron chi connectivity index (χ4n) is 2.41. The number of anilines is 1. The molecule has 0 aliphatic carbocycles. The van der Waals surface area contributed by atoms with Gasteiger partial charge >= 0.3 is 0 Å². The minimum absolute atomic E-state index is 0.0262. The average Bonchev–Trinajstić information content (AvgIpc) is 2.50. The third kappa shape index (κ3) is 4.28. The lowest BCUT2D eigenvalue weighted by atomic mass is 10.2. The second-order valence-corrected chi connectivity index (χ2v) is 5.25. The highest BCUT2D eigenvalue weighted by Gasteiger charge is 2.21. The molecule has 116 valence electrons. The van der Waals surface area contributed by atoms with E-state index in [-0.39, 0.29) is 17.6 Å². The minimum Gasteiger partial charge on any atom is -0.370 e. The van der Waals surface area contributed by atoms with Gasteiger partial charge in [-0.05, 0) is 13.0 Å². The molecule has 1 saturated heterocycles. The second-order valence-electron chi connectivity index (χ2n) is 4.98. The van der Waals surface area contributed by atoms with Crippen molar-refractivity contribution in [2.24, 2.45) is 0 Å². The quantitative estimate of drug-likeness (QED) is 0.838. The van der Waals surface area contributed by atoms with Crippen molar-refractivity contribution in [2.75, 3.05) is 43.9 Å². The Morgan fingerprint density at radius 1 is 1.43 bits per heavy atom. The minimum atomic E-state index is -0.331. The number of hydrogen-bond donors (Lipinski definition) is 1. The molecule has 1 aromatic heterocycles. The number of aromatic nitrogens is 1. The summed E-state index contributed by atoms with van der Waals surface area (Å²) in [5, 5.41) is 3.14. The van der Waals surface area contributed by atoms with Crippen LogP contribution in [0.25, 0.3) is 0 Å². The number of nitrogens with zero attached hydrogens (tertiary/aromatic N) is 3. The molecule has 1 N–H and O–H groups in total. The molecule has 0 atom stereocenters. The van der Waals surface area contributed by atoms with Gasteiger partial charge in [-0.1, -0.05) is 0 Å². The highest BCUT2D eigenvalue weighted by atomic mass is 35.5.